The van der Waals surface area contributed by atoms with Crippen molar-refractivity contribution in [2.24, 2.45) is 0 Å². The minimum Gasteiger partial charge on any atom is -0.744 e. The van der Waals surface area contributed by atoms with Gasteiger partial charge in [-0.15, -0.1) is 0 Å². The van der Waals surface area contributed by atoms with Crippen LogP contribution < -0.4 is 21.2 Å². The van der Waals surface area contributed by atoms with Crippen LogP contribution in [0.4, 0.5) is 5.69 Å². The molecule has 0 saturated heterocycles. The summed E-state index contributed by atoms with van der Waals surface area (Å²) in [5.74, 6) is 0. The molecule has 0 saturated carbocycles. The van der Waals surface area contributed by atoms with Crippen molar-refractivity contribution in [3.8, 4) is 0 Å². The second-order valence-corrected chi connectivity index (χ2v) is 9.80. The van der Waals surface area contributed by atoms with Crippen molar-refractivity contribution in [3.63, 3.8) is 0 Å². The number of hydrogen-bond acceptors (Lipinski definition) is 5. The molecule has 0 atom stereocenters. The van der Waals surface area contributed by atoms with Crippen molar-refractivity contribution >= 4 is 15.8 Å². The summed E-state index contributed by atoms with van der Waals surface area (Å²) in [6.07, 6.45) is 0. The van der Waals surface area contributed by atoms with E-state index in [1.165, 1.54) is 19.3 Å². The number of nitrogens with zero attached hydrogens (tertiary/aromatic N) is 1. The van der Waals surface area contributed by atoms with Crippen molar-refractivity contribution in [2.45, 2.75) is 11.8 Å². The number of rotatable bonds is 4. The molecule has 140 valence electrons. The fraction of sp³-hybridized carbons (Fsp3) is 0.0526. The normalized spacial score (nSPS) is 10.6. The zero-order chi connectivity index (χ0) is 19.9. The van der Waals surface area contributed by atoms with Gasteiger partial charge in [0.05, 0.1) is 9.82 Å². The lowest BCUT2D eigenvalue weighted by molar-refractivity contribution is -0.597. The van der Waals surface area contributed by atoms with Crippen molar-refractivity contribution in [1.82, 2.24) is 0 Å². The molecule has 0 spiro atoms. The van der Waals surface area contributed by atoms with E-state index in [4.69, 9.17) is 0 Å². The monoisotopic (exact) mass is 497 g/mol. The van der Waals surface area contributed by atoms with Gasteiger partial charge in [-0.2, -0.15) is 0 Å². The van der Waals surface area contributed by atoms with Gasteiger partial charge in [0.15, 0.2) is 7.14 Å². The molecule has 0 aliphatic heterocycles. The number of halogens is 1. The van der Waals surface area contributed by atoms with Crippen LogP contribution in [-0.2, 0) is 10.1 Å². The van der Waals surface area contributed by atoms with E-state index in [1.807, 2.05) is 37.3 Å². The molecule has 0 bridgehead atoms. The molecule has 6 nitrogen and oxygen atoms in total. The summed E-state index contributed by atoms with van der Waals surface area (Å²) in [5.41, 5.74) is 1.08. The van der Waals surface area contributed by atoms with Gasteiger partial charge in [-0.1, -0.05) is 35.9 Å². The van der Waals surface area contributed by atoms with Gasteiger partial charge in [-0.05, 0) is 43.3 Å². The van der Waals surface area contributed by atoms with Gasteiger partial charge in [0.2, 0.25) is 0 Å². The van der Waals surface area contributed by atoms with E-state index in [0.29, 0.717) is 0 Å². The van der Waals surface area contributed by atoms with Crippen LogP contribution in [0.5, 0.6) is 0 Å². The second-order valence-electron chi connectivity index (χ2n) is 5.39. The quantitative estimate of drug-likeness (QED) is 0.228. The largest absolute Gasteiger partial charge is 0.744 e. The molecule has 3 rings (SSSR count). The van der Waals surface area contributed by atoms with Crippen LogP contribution in [0.1, 0.15) is 5.56 Å². The minimum atomic E-state index is -4.27. The van der Waals surface area contributed by atoms with Crippen LogP contribution in [0.3, 0.4) is 0 Å². The number of nitro groups is 1. The van der Waals surface area contributed by atoms with Crippen LogP contribution in [0.25, 0.3) is 0 Å². The number of aryl methyl sites for hydroxylation is 1. The number of benzene rings is 3. The Bertz CT molecular complexity index is 989. The molecular formula is C19H16INO5S. The Labute approximate surface area is 168 Å². The van der Waals surface area contributed by atoms with Gasteiger partial charge in [-0.3, -0.25) is 10.1 Å². The Hall–Kier alpha value is -2.30. The van der Waals surface area contributed by atoms with Gasteiger partial charge < -0.3 is 4.55 Å². The summed E-state index contributed by atoms with van der Waals surface area (Å²) < 4.78 is 33.7. The van der Waals surface area contributed by atoms with E-state index in [9.17, 15) is 23.1 Å². The van der Waals surface area contributed by atoms with E-state index < -0.39 is 10.1 Å². The highest BCUT2D eigenvalue weighted by Crippen LogP contribution is 2.08. The smallest absolute Gasteiger partial charge is 0.357 e. The first kappa shape index (κ1) is 21.0. The van der Waals surface area contributed by atoms with Crippen molar-refractivity contribution in [3.05, 3.63) is 102 Å². The van der Waals surface area contributed by atoms with E-state index >= 15 is 0 Å². The minimum absolute atomic E-state index is 0.154. The molecule has 8 heteroatoms. The molecule has 0 fully saturated rings. The molecule has 0 N–H and O–H groups in total. The fourth-order valence-corrected chi connectivity index (χ4v) is 4.62. The third-order valence-electron chi connectivity index (χ3n) is 3.30. The third-order valence-corrected chi connectivity index (χ3v) is 6.83. The molecule has 0 radical (unpaired) electrons. The first-order valence-corrected chi connectivity index (χ1v) is 11.3. The molecular weight excluding hydrogens is 481 g/mol. The van der Waals surface area contributed by atoms with Crippen LogP contribution in [-0.4, -0.2) is 17.9 Å². The fourth-order valence-electron chi connectivity index (χ4n) is 1.93. The maximum Gasteiger partial charge on any atom is 0.357 e. The Balaban J connectivity index is 0.000000208. The standard InChI is InChI=1S/C12H9INO2.C7H8O3S/c15-14(16)12-8-6-11(7-9-12)13-10-4-2-1-3-5-10;1-6-2-4-7(5-3-6)11(8,9)10/h1-9H;2-5H,1H3,(H,8,9,10)/q+1;/p-1. The van der Waals surface area contributed by atoms with Crippen LogP contribution >= 0.6 is 0 Å². The van der Waals surface area contributed by atoms with E-state index in [1.54, 1.807) is 24.3 Å². The van der Waals surface area contributed by atoms with Gasteiger partial charge in [0, 0.05) is 12.1 Å². The van der Waals surface area contributed by atoms with Gasteiger partial charge >= 0.3 is 21.2 Å². The maximum atomic E-state index is 10.5. The zero-order valence-electron chi connectivity index (χ0n) is 14.3. The molecule has 0 amide bonds. The summed E-state index contributed by atoms with van der Waals surface area (Å²) in [7, 11) is -4.27. The van der Waals surface area contributed by atoms with Gasteiger partial charge in [-0.25, -0.2) is 8.42 Å². The molecule has 27 heavy (non-hydrogen) atoms. The highest BCUT2D eigenvalue weighted by molar-refractivity contribution is 7.85. The summed E-state index contributed by atoms with van der Waals surface area (Å²) >= 11 is -0.227. The Morgan fingerprint density at radius 3 is 1.81 bits per heavy atom. The highest BCUT2D eigenvalue weighted by atomic mass is 127. The first-order valence-electron chi connectivity index (χ1n) is 7.72. The average Bonchev–Trinajstić information content (AvgIpc) is 2.63. The van der Waals surface area contributed by atoms with Crippen LogP contribution in [0.2, 0.25) is 0 Å². The van der Waals surface area contributed by atoms with Crippen molar-refractivity contribution < 1.29 is 39.1 Å². The first-order chi connectivity index (χ1) is 12.8. The highest BCUT2D eigenvalue weighted by Gasteiger charge is 2.16. The Morgan fingerprint density at radius 2 is 1.33 bits per heavy atom. The van der Waals surface area contributed by atoms with Crippen molar-refractivity contribution in [2.75, 3.05) is 0 Å². The van der Waals surface area contributed by atoms with Crippen LogP contribution in [0.15, 0.2) is 83.8 Å². The summed E-state index contributed by atoms with van der Waals surface area (Å²) in [5, 5.41) is 10.5. The molecule has 0 aromatic heterocycles. The lowest BCUT2D eigenvalue weighted by atomic mass is 10.2. The summed E-state index contributed by atoms with van der Waals surface area (Å²) in [6, 6.07) is 22.8. The molecule has 0 unspecified atom stereocenters. The SMILES string of the molecule is Cc1ccc(S(=O)(=O)[O-])cc1.O=[N+]([O-])c1ccc([I+]c2ccccc2)cc1. The Morgan fingerprint density at radius 1 is 0.815 bits per heavy atom. The topological polar surface area (TPSA) is 100 Å². The third kappa shape index (κ3) is 7.08. The van der Waals surface area contributed by atoms with Crippen molar-refractivity contribution in [1.29, 1.82) is 0 Å². The number of hydrogen-bond donors (Lipinski definition) is 0. The van der Waals surface area contributed by atoms with Crippen LogP contribution in [0, 0.1) is 24.2 Å². The lowest BCUT2D eigenvalue weighted by Gasteiger charge is -2.05. The van der Waals surface area contributed by atoms with Gasteiger partial charge in [0.1, 0.15) is 10.1 Å². The average molecular weight is 497 g/mol. The summed E-state index contributed by atoms with van der Waals surface area (Å²) in [4.78, 5) is 9.94. The van der Waals surface area contributed by atoms with E-state index in [-0.39, 0.29) is 36.7 Å². The number of nitro benzene ring substituents is 1. The predicted molar refractivity (Wildman–Crippen MR) is 96.1 cm³/mol. The molecule has 0 aliphatic rings. The number of non-ortho nitro benzene ring substituents is 1. The zero-order valence-corrected chi connectivity index (χ0v) is 17.3. The maximum absolute atomic E-state index is 10.5. The molecule has 0 heterocycles. The van der Waals surface area contributed by atoms with E-state index in [0.717, 1.165) is 5.56 Å². The predicted octanol–water partition coefficient (Wildman–Crippen LogP) is 0.622. The lowest BCUT2D eigenvalue weighted by Crippen LogP contribution is -3.61. The van der Waals surface area contributed by atoms with E-state index in [2.05, 4.69) is 12.1 Å². The Kier molecular flexibility index (Phi) is 7.45. The second kappa shape index (κ2) is 9.58. The van der Waals surface area contributed by atoms with Gasteiger partial charge in [0.25, 0.3) is 5.69 Å². The molecule has 0 aliphatic carbocycles. The molecule has 3 aromatic rings. The molecule has 3 aromatic carbocycles. The summed E-state index contributed by atoms with van der Waals surface area (Å²) in [6.45, 7) is 1.82.